The number of carbonyl (C=O) groups excluding carboxylic acids is 1. The number of esters is 1. The number of rotatable bonds is 5. The molecular weight excluding hydrogens is 306 g/mol. The zero-order chi connectivity index (χ0) is 13.7. The van der Waals surface area contributed by atoms with Gasteiger partial charge in [-0.2, -0.15) is 0 Å². The lowest BCUT2D eigenvalue weighted by Gasteiger charge is -2.15. The number of hydrogen-bond donors (Lipinski definition) is 0. The van der Waals surface area contributed by atoms with Gasteiger partial charge in [0.15, 0.2) is 6.10 Å². The maximum Gasteiger partial charge on any atom is 0.347 e. The first-order valence-corrected chi connectivity index (χ1v) is 5.97. The molecular formula is C11H12BrNO5. The maximum atomic E-state index is 11.4. The van der Waals surface area contributed by atoms with Crippen molar-refractivity contribution in [3.63, 3.8) is 0 Å². The number of hydrogen-bond acceptors (Lipinski definition) is 5. The minimum atomic E-state index is -0.729. The fourth-order valence-corrected chi connectivity index (χ4v) is 1.74. The molecule has 1 unspecified atom stereocenters. The molecule has 0 fully saturated rings. The summed E-state index contributed by atoms with van der Waals surface area (Å²) in [5.74, 6) is -0.124. The highest BCUT2D eigenvalue weighted by molar-refractivity contribution is 9.10. The van der Waals surface area contributed by atoms with Gasteiger partial charge in [0.2, 0.25) is 0 Å². The Balaban J connectivity index is 2.90. The minimum absolute atomic E-state index is 0.0552. The summed E-state index contributed by atoms with van der Waals surface area (Å²) in [6.45, 7) is 1.78. The van der Waals surface area contributed by atoms with Crippen molar-refractivity contribution < 1.29 is 19.2 Å². The molecule has 1 aromatic rings. The molecule has 98 valence electrons. The van der Waals surface area contributed by atoms with Gasteiger partial charge in [-0.25, -0.2) is 4.79 Å². The van der Waals surface area contributed by atoms with E-state index in [9.17, 15) is 14.9 Å². The summed E-state index contributed by atoms with van der Waals surface area (Å²) in [4.78, 5) is 21.4. The average molecular weight is 318 g/mol. The van der Waals surface area contributed by atoms with Crippen LogP contribution in [0.4, 0.5) is 5.69 Å². The van der Waals surface area contributed by atoms with Crippen LogP contribution < -0.4 is 4.74 Å². The molecule has 0 saturated carbocycles. The topological polar surface area (TPSA) is 78.7 Å². The second-order valence-corrected chi connectivity index (χ2v) is 4.26. The summed E-state index contributed by atoms with van der Waals surface area (Å²) < 4.78 is 10.4. The molecule has 0 amide bonds. The van der Waals surface area contributed by atoms with E-state index in [-0.39, 0.29) is 5.69 Å². The zero-order valence-corrected chi connectivity index (χ0v) is 11.5. The number of benzene rings is 1. The molecule has 1 aromatic carbocycles. The molecule has 1 rings (SSSR count). The standard InChI is InChI=1S/C11H12BrNO5/c1-3-9(11(14)17-2)18-10-5-4-7(13(15)16)6-8(10)12/h4-6,9H,3H2,1-2H3. The fraction of sp³-hybridized carbons (Fsp3) is 0.364. The quantitative estimate of drug-likeness (QED) is 0.474. The predicted molar refractivity (Wildman–Crippen MR) is 67.5 cm³/mol. The molecule has 0 radical (unpaired) electrons. The minimum Gasteiger partial charge on any atom is -0.478 e. The van der Waals surface area contributed by atoms with Crippen molar-refractivity contribution in [2.24, 2.45) is 0 Å². The smallest absolute Gasteiger partial charge is 0.347 e. The highest BCUT2D eigenvalue weighted by Gasteiger charge is 2.20. The van der Waals surface area contributed by atoms with E-state index in [1.807, 2.05) is 0 Å². The van der Waals surface area contributed by atoms with E-state index >= 15 is 0 Å². The molecule has 0 heterocycles. The van der Waals surface area contributed by atoms with Crippen molar-refractivity contribution in [2.45, 2.75) is 19.4 Å². The molecule has 18 heavy (non-hydrogen) atoms. The Morgan fingerprint density at radius 1 is 1.56 bits per heavy atom. The summed E-state index contributed by atoms with van der Waals surface area (Å²) >= 11 is 3.16. The number of nitro groups is 1. The monoisotopic (exact) mass is 317 g/mol. The van der Waals surface area contributed by atoms with Crippen LogP contribution in [0.5, 0.6) is 5.75 Å². The molecule has 0 saturated heterocycles. The van der Waals surface area contributed by atoms with Gasteiger partial charge >= 0.3 is 5.97 Å². The molecule has 0 aromatic heterocycles. The van der Waals surface area contributed by atoms with Crippen LogP contribution in [-0.2, 0) is 9.53 Å². The molecule has 7 heteroatoms. The Kier molecular flexibility index (Phi) is 5.08. The Morgan fingerprint density at radius 2 is 2.22 bits per heavy atom. The molecule has 0 aliphatic carbocycles. The number of ether oxygens (including phenoxy) is 2. The summed E-state index contributed by atoms with van der Waals surface area (Å²) in [5.41, 5.74) is -0.0552. The van der Waals surface area contributed by atoms with Gasteiger partial charge < -0.3 is 9.47 Å². The van der Waals surface area contributed by atoms with Crippen molar-refractivity contribution in [2.75, 3.05) is 7.11 Å². The Bertz CT molecular complexity index is 463. The highest BCUT2D eigenvalue weighted by Crippen LogP contribution is 2.30. The van der Waals surface area contributed by atoms with E-state index in [0.29, 0.717) is 16.6 Å². The first-order chi connectivity index (χ1) is 8.49. The van der Waals surface area contributed by atoms with Gasteiger partial charge in [-0.15, -0.1) is 0 Å². The van der Waals surface area contributed by atoms with Gasteiger partial charge in [0.1, 0.15) is 5.75 Å². The van der Waals surface area contributed by atoms with Crippen molar-refractivity contribution in [3.05, 3.63) is 32.8 Å². The third kappa shape index (κ3) is 3.43. The lowest BCUT2D eigenvalue weighted by atomic mass is 10.2. The zero-order valence-electron chi connectivity index (χ0n) is 9.88. The van der Waals surface area contributed by atoms with Crippen LogP contribution >= 0.6 is 15.9 Å². The van der Waals surface area contributed by atoms with E-state index in [0.717, 1.165) is 0 Å². The molecule has 0 aliphatic heterocycles. The van der Waals surface area contributed by atoms with Gasteiger partial charge in [-0.1, -0.05) is 6.92 Å². The fourth-order valence-electron chi connectivity index (χ4n) is 1.28. The van der Waals surface area contributed by atoms with Crippen LogP contribution in [0.15, 0.2) is 22.7 Å². The van der Waals surface area contributed by atoms with Crippen molar-refractivity contribution in [3.8, 4) is 5.75 Å². The van der Waals surface area contributed by atoms with Crippen LogP contribution in [0.1, 0.15) is 13.3 Å². The molecule has 0 spiro atoms. The summed E-state index contributed by atoms with van der Waals surface area (Å²) in [5, 5.41) is 10.6. The van der Waals surface area contributed by atoms with Crippen molar-refractivity contribution >= 4 is 27.6 Å². The summed E-state index contributed by atoms with van der Waals surface area (Å²) in [6.07, 6.45) is -0.288. The van der Waals surface area contributed by atoms with Crippen LogP contribution in [0.3, 0.4) is 0 Å². The van der Waals surface area contributed by atoms with Gasteiger partial charge in [0.05, 0.1) is 16.5 Å². The number of methoxy groups -OCH3 is 1. The molecule has 0 bridgehead atoms. The second-order valence-electron chi connectivity index (χ2n) is 3.41. The number of halogens is 1. The van der Waals surface area contributed by atoms with Gasteiger partial charge in [0.25, 0.3) is 5.69 Å². The van der Waals surface area contributed by atoms with Crippen LogP contribution in [-0.4, -0.2) is 24.1 Å². The molecule has 6 nitrogen and oxygen atoms in total. The molecule has 0 aliphatic rings. The lowest BCUT2D eigenvalue weighted by molar-refractivity contribution is -0.385. The first kappa shape index (κ1) is 14.4. The molecule has 1 atom stereocenters. The van der Waals surface area contributed by atoms with Crippen molar-refractivity contribution in [1.82, 2.24) is 0 Å². The van der Waals surface area contributed by atoms with Crippen LogP contribution in [0.25, 0.3) is 0 Å². The highest BCUT2D eigenvalue weighted by atomic mass is 79.9. The van der Waals surface area contributed by atoms with Gasteiger partial charge in [-0.05, 0) is 28.4 Å². The second kappa shape index (κ2) is 6.34. The first-order valence-electron chi connectivity index (χ1n) is 5.18. The van der Waals surface area contributed by atoms with E-state index in [1.54, 1.807) is 6.92 Å². The number of nitrogens with zero attached hydrogens (tertiary/aromatic N) is 1. The normalized spacial score (nSPS) is 11.7. The average Bonchev–Trinajstić information content (AvgIpc) is 2.36. The van der Waals surface area contributed by atoms with Gasteiger partial charge in [0, 0.05) is 12.1 Å². The summed E-state index contributed by atoms with van der Waals surface area (Å²) in [7, 11) is 1.28. The third-order valence-corrected chi connectivity index (χ3v) is 2.85. The number of carbonyl (C=O) groups is 1. The van der Waals surface area contributed by atoms with E-state index in [1.165, 1.54) is 25.3 Å². The van der Waals surface area contributed by atoms with Gasteiger partial charge in [-0.3, -0.25) is 10.1 Å². The summed E-state index contributed by atoms with van der Waals surface area (Å²) in [6, 6.07) is 4.07. The third-order valence-electron chi connectivity index (χ3n) is 2.23. The van der Waals surface area contributed by atoms with Crippen LogP contribution in [0.2, 0.25) is 0 Å². The van der Waals surface area contributed by atoms with E-state index in [2.05, 4.69) is 20.7 Å². The van der Waals surface area contributed by atoms with Crippen molar-refractivity contribution in [1.29, 1.82) is 0 Å². The maximum absolute atomic E-state index is 11.4. The lowest BCUT2D eigenvalue weighted by Crippen LogP contribution is -2.27. The van der Waals surface area contributed by atoms with E-state index < -0.39 is 17.0 Å². The predicted octanol–water partition coefficient (Wildman–Crippen LogP) is 2.69. The molecule has 0 N–H and O–H groups in total. The number of nitro benzene ring substituents is 1. The largest absolute Gasteiger partial charge is 0.478 e. The van der Waals surface area contributed by atoms with Crippen LogP contribution in [0, 0.1) is 10.1 Å². The van der Waals surface area contributed by atoms with E-state index in [4.69, 9.17) is 4.74 Å². The Labute approximate surface area is 112 Å². The Hall–Kier alpha value is -1.63. The Morgan fingerprint density at radius 3 is 2.67 bits per heavy atom. The SMILES string of the molecule is CCC(Oc1ccc([N+](=O)[O-])cc1Br)C(=O)OC. The number of non-ortho nitro benzene ring substituents is 1.